The summed E-state index contributed by atoms with van der Waals surface area (Å²) in [4.78, 5) is 12.1. The van der Waals surface area contributed by atoms with Gasteiger partial charge >= 0.3 is 0 Å². The Morgan fingerprint density at radius 1 is 1.04 bits per heavy atom. The number of amides is 1. The van der Waals surface area contributed by atoms with E-state index in [1.165, 1.54) is 6.21 Å². The molecule has 0 aromatic heterocycles. The Morgan fingerprint density at radius 3 is 2.75 bits per heavy atom. The molecular formula is C17H14N2O5. The summed E-state index contributed by atoms with van der Waals surface area (Å²) in [6, 6.07) is 12.6. The number of para-hydroxylation sites is 2. The van der Waals surface area contributed by atoms with Crippen molar-refractivity contribution in [2.24, 2.45) is 5.10 Å². The van der Waals surface area contributed by atoms with Crippen molar-refractivity contribution in [1.29, 1.82) is 0 Å². The van der Waals surface area contributed by atoms with Crippen molar-refractivity contribution >= 4 is 12.1 Å². The number of rotatable bonds is 3. The molecule has 1 atom stereocenters. The molecule has 0 aliphatic carbocycles. The van der Waals surface area contributed by atoms with Gasteiger partial charge in [-0.05, 0) is 35.9 Å². The highest BCUT2D eigenvalue weighted by molar-refractivity contribution is 5.85. The molecule has 0 unspecified atom stereocenters. The highest BCUT2D eigenvalue weighted by atomic mass is 16.7. The second-order valence-corrected chi connectivity index (χ2v) is 5.21. The third kappa shape index (κ3) is 2.83. The second kappa shape index (κ2) is 6.11. The molecule has 0 spiro atoms. The topological polar surface area (TPSA) is 78.4 Å². The van der Waals surface area contributed by atoms with E-state index in [0.717, 1.165) is 5.56 Å². The molecule has 2 aliphatic heterocycles. The van der Waals surface area contributed by atoms with Gasteiger partial charge in [-0.3, -0.25) is 4.79 Å². The van der Waals surface area contributed by atoms with Gasteiger partial charge in [-0.15, -0.1) is 0 Å². The standard InChI is InChI=1S/C17H14N2O5/c20-17(16-9-21-12-3-1-2-4-14(12)24-16)19-18-8-11-5-6-13-15(7-11)23-10-22-13/h1-8,16H,9-10H2,(H,19,20)/b18-8+/t16-/m1/s1. The number of hydrazone groups is 1. The van der Waals surface area contributed by atoms with Gasteiger partial charge in [0.2, 0.25) is 12.9 Å². The smallest absolute Gasteiger partial charge is 0.284 e. The van der Waals surface area contributed by atoms with E-state index in [0.29, 0.717) is 23.0 Å². The summed E-state index contributed by atoms with van der Waals surface area (Å²) in [5.74, 6) is 2.16. The van der Waals surface area contributed by atoms with Crippen LogP contribution in [0.25, 0.3) is 0 Å². The van der Waals surface area contributed by atoms with Crippen LogP contribution < -0.4 is 24.4 Å². The van der Waals surface area contributed by atoms with Crippen LogP contribution in [0.3, 0.4) is 0 Å². The van der Waals surface area contributed by atoms with Crippen molar-refractivity contribution in [3.8, 4) is 23.0 Å². The second-order valence-electron chi connectivity index (χ2n) is 5.21. The van der Waals surface area contributed by atoms with Crippen LogP contribution in [-0.4, -0.2) is 31.6 Å². The molecule has 0 radical (unpaired) electrons. The lowest BCUT2D eigenvalue weighted by Crippen LogP contribution is -2.42. The third-order valence-electron chi connectivity index (χ3n) is 3.59. The minimum absolute atomic E-state index is 0.141. The Hall–Kier alpha value is -3.22. The summed E-state index contributed by atoms with van der Waals surface area (Å²) in [6.07, 6.45) is 0.783. The molecule has 2 heterocycles. The molecule has 4 rings (SSSR count). The summed E-state index contributed by atoms with van der Waals surface area (Å²) < 4.78 is 21.6. The largest absolute Gasteiger partial charge is 0.485 e. The zero-order valence-electron chi connectivity index (χ0n) is 12.6. The number of ether oxygens (including phenoxy) is 4. The van der Waals surface area contributed by atoms with Gasteiger partial charge in [-0.1, -0.05) is 12.1 Å². The summed E-state index contributed by atoms with van der Waals surface area (Å²) >= 11 is 0. The van der Waals surface area contributed by atoms with Crippen LogP contribution in [0.2, 0.25) is 0 Å². The Kier molecular flexibility index (Phi) is 3.66. The molecule has 24 heavy (non-hydrogen) atoms. The molecule has 7 nitrogen and oxygen atoms in total. The molecule has 0 saturated heterocycles. The van der Waals surface area contributed by atoms with Gasteiger partial charge in [0.15, 0.2) is 23.0 Å². The first-order valence-electron chi connectivity index (χ1n) is 7.41. The number of carbonyl (C=O) groups is 1. The molecular weight excluding hydrogens is 312 g/mol. The van der Waals surface area contributed by atoms with Gasteiger partial charge < -0.3 is 18.9 Å². The molecule has 0 fully saturated rings. The lowest BCUT2D eigenvalue weighted by molar-refractivity contribution is -0.130. The zero-order valence-corrected chi connectivity index (χ0v) is 12.6. The average molecular weight is 326 g/mol. The van der Waals surface area contributed by atoms with Crippen molar-refractivity contribution in [2.45, 2.75) is 6.10 Å². The summed E-state index contributed by atoms with van der Waals surface area (Å²) in [5, 5.41) is 3.94. The fourth-order valence-corrected chi connectivity index (χ4v) is 2.38. The number of nitrogens with one attached hydrogen (secondary N) is 1. The minimum Gasteiger partial charge on any atom is -0.485 e. The summed E-state index contributed by atoms with van der Waals surface area (Å²) in [7, 11) is 0. The lowest BCUT2D eigenvalue weighted by Gasteiger charge is -2.24. The number of benzene rings is 2. The van der Waals surface area contributed by atoms with E-state index in [-0.39, 0.29) is 19.3 Å². The Balaban J connectivity index is 1.37. The molecule has 2 aromatic rings. The van der Waals surface area contributed by atoms with Gasteiger partial charge in [0.05, 0.1) is 6.21 Å². The summed E-state index contributed by atoms with van der Waals surface area (Å²) in [5.41, 5.74) is 3.24. The van der Waals surface area contributed by atoms with Gasteiger partial charge in [0, 0.05) is 0 Å². The maximum atomic E-state index is 12.1. The first kappa shape index (κ1) is 14.4. The van der Waals surface area contributed by atoms with Crippen LogP contribution in [0.5, 0.6) is 23.0 Å². The quantitative estimate of drug-likeness (QED) is 0.686. The van der Waals surface area contributed by atoms with E-state index in [4.69, 9.17) is 18.9 Å². The number of carbonyl (C=O) groups excluding carboxylic acids is 1. The van der Waals surface area contributed by atoms with E-state index in [2.05, 4.69) is 10.5 Å². The minimum atomic E-state index is -0.742. The maximum absolute atomic E-state index is 12.1. The first-order valence-corrected chi connectivity index (χ1v) is 7.41. The Bertz CT molecular complexity index is 805. The van der Waals surface area contributed by atoms with Crippen LogP contribution >= 0.6 is 0 Å². The molecule has 1 amide bonds. The zero-order chi connectivity index (χ0) is 16.4. The number of nitrogens with zero attached hydrogens (tertiary/aromatic N) is 1. The molecule has 2 aromatic carbocycles. The number of fused-ring (bicyclic) bond motifs is 2. The van der Waals surface area contributed by atoms with Crippen molar-refractivity contribution in [1.82, 2.24) is 5.43 Å². The van der Waals surface area contributed by atoms with Gasteiger partial charge in [-0.2, -0.15) is 5.10 Å². The molecule has 7 heteroatoms. The molecule has 1 N–H and O–H groups in total. The van der Waals surface area contributed by atoms with E-state index >= 15 is 0 Å². The SMILES string of the molecule is O=C(N/N=C/c1ccc2c(c1)OCO2)[C@H]1COc2ccccc2O1. The van der Waals surface area contributed by atoms with E-state index in [1.807, 2.05) is 18.2 Å². The third-order valence-corrected chi connectivity index (χ3v) is 3.59. The Labute approximate surface area is 137 Å². The predicted molar refractivity (Wildman–Crippen MR) is 84.7 cm³/mol. The maximum Gasteiger partial charge on any atom is 0.284 e. The number of hydrogen-bond donors (Lipinski definition) is 1. The van der Waals surface area contributed by atoms with Crippen molar-refractivity contribution in [3.63, 3.8) is 0 Å². The average Bonchev–Trinajstić information content (AvgIpc) is 3.09. The summed E-state index contributed by atoms with van der Waals surface area (Å²) in [6.45, 7) is 0.357. The molecule has 2 aliphatic rings. The fraction of sp³-hybridized carbons (Fsp3) is 0.176. The normalized spacial score (nSPS) is 17.8. The van der Waals surface area contributed by atoms with Crippen molar-refractivity contribution in [3.05, 3.63) is 48.0 Å². The van der Waals surface area contributed by atoms with E-state index < -0.39 is 6.10 Å². The highest BCUT2D eigenvalue weighted by Crippen LogP contribution is 2.32. The van der Waals surface area contributed by atoms with Crippen LogP contribution in [0, 0.1) is 0 Å². The highest BCUT2D eigenvalue weighted by Gasteiger charge is 2.27. The number of hydrogen-bond acceptors (Lipinski definition) is 6. The van der Waals surface area contributed by atoms with Crippen molar-refractivity contribution in [2.75, 3.05) is 13.4 Å². The first-order chi connectivity index (χ1) is 11.8. The van der Waals surface area contributed by atoms with Crippen molar-refractivity contribution < 1.29 is 23.7 Å². The fourth-order valence-electron chi connectivity index (χ4n) is 2.38. The molecule has 122 valence electrons. The monoisotopic (exact) mass is 326 g/mol. The molecule has 0 bridgehead atoms. The van der Waals surface area contributed by atoms with Crippen LogP contribution in [0.15, 0.2) is 47.6 Å². The van der Waals surface area contributed by atoms with Gasteiger partial charge in [0.25, 0.3) is 5.91 Å². The van der Waals surface area contributed by atoms with Gasteiger partial charge in [0.1, 0.15) is 6.61 Å². The van der Waals surface area contributed by atoms with Gasteiger partial charge in [-0.25, -0.2) is 5.43 Å². The van der Waals surface area contributed by atoms with Crippen LogP contribution in [-0.2, 0) is 4.79 Å². The lowest BCUT2D eigenvalue weighted by atomic mass is 10.2. The molecule has 0 saturated carbocycles. The predicted octanol–water partition coefficient (Wildman–Crippen LogP) is 1.71. The van der Waals surface area contributed by atoms with Crippen LogP contribution in [0.1, 0.15) is 5.56 Å². The Morgan fingerprint density at radius 2 is 1.83 bits per heavy atom. The van der Waals surface area contributed by atoms with Crippen LogP contribution in [0.4, 0.5) is 0 Å². The van der Waals surface area contributed by atoms with E-state index in [1.54, 1.807) is 24.3 Å². The van der Waals surface area contributed by atoms with E-state index in [9.17, 15) is 4.79 Å².